The van der Waals surface area contributed by atoms with Crippen LogP contribution in [0.3, 0.4) is 0 Å². The van der Waals surface area contributed by atoms with Gasteiger partial charge in [0.15, 0.2) is 0 Å². The molecule has 0 radical (unpaired) electrons. The first-order valence-electron chi connectivity index (χ1n) is 5.52. The maximum absolute atomic E-state index is 6.01. The van der Waals surface area contributed by atoms with Crippen LogP contribution >= 0.6 is 11.6 Å². The summed E-state index contributed by atoms with van der Waals surface area (Å²) in [5.74, 6) is 3.19. The van der Waals surface area contributed by atoms with Gasteiger partial charge in [0.1, 0.15) is 14.4 Å². The topological polar surface area (TPSA) is 43.6 Å². The van der Waals surface area contributed by atoms with Gasteiger partial charge in [-0.05, 0) is 28.6 Å². The van der Waals surface area contributed by atoms with E-state index in [4.69, 9.17) is 11.6 Å². The van der Waals surface area contributed by atoms with Gasteiger partial charge in [-0.15, -0.1) is 10.6 Å². The Labute approximate surface area is 112 Å². The van der Waals surface area contributed by atoms with Gasteiger partial charge in [0, 0.05) is 5.02 Å². The molecule has 0 saturated heterocycles. The number of hydrogen-bond acceptors (Lipinski definition) is 3. The molecule has 1 aromatic heterocycles. The highest BCUT2D eigenvalue weighted by Gasteiger charge is 2.09. The molecular weight excluding hydrogens is 264 g/mol. The minimum atomic E-state index is -1.43. The van der Waals surface area contributed by atoms with Crippen LogP contribution in [0, 0.1) is 11.5 Å². The molecule has 1 heterocycles. The summed E-state index contributed by atoms with van der Waals surface area (Å²) in [4.78, 5) is 0. The number of tetrazole rings is 1. The standard InChI is InChI=1S/C12H13ClN4Si/c1-18(2,3)7-6-10-8-11(13)4-5-12(10)17-9-14-15-16-17/h4-5,8-9H,1-3H3. The highest BCUT2D eigenvalue weighted by Crippen LogP contribution is 2.18. The Kier molecular flexibility index (Phi) is 3.50. The molecular formula is C12H13ClN4Si. The minimum Gasteiger partial charge on any atom is -0.199 e. The lowest BCUT2D eigenvalue weighted by atomic mass is 10.2. The Morgan fingerprint density at radius 3 is 2.67 bits per heavy atom. The van der Waals surface area contributed by atoms with E-state index in [0.717, 1.165) is 11.3 Å². The van der Waals surface area contributed by atoms with E-state index < -0.39 is 8.07 Å². The molecule has 0 N–H and O–H groups in total. The maximum atomic E-state index is 6.01. The fourth-order valence-corrected chi connectivity index (χ4v) is 2.02. The zero-order valence-electron chi connectivity index (χ0n) is 10.5. The van der Waals surface area contributed by atoms with E-state index in [2.05, 4.69) is 46.6 Å². The van der Waals surface area contributed by atoms with E-state index in [0.29, 0.717) is 5.02 Å². The third-order valence-electron chi connectivity index (χ3n) is 2.13. The van der Waals surface area contributed by atoms with Crippen molar-refractivity contribution >= 4 is 19.7 Å². The van der Waals surface area contributed by atoms with E-state index in [1.807, 2.05) is 12.1 Å². The van der Waals surface area contributed by atoms with E-state index in [-0.39, 0.29) is 0 Å². The molecule has 1 aromatic carbocycles. The summed E-state index contributed by atoms with van der Waals surface area (Å²) >= 11 is 6.01. The van der Waals surface area contributed by atoms with E-state index in [1.54, 1.807) is 17.1 Å². The molecule has 0 aliphatic rings. The molecule has 2 rings (SSSR count). The minimum absolute atomic E-state index is 0.659. The van der Waals surface area contributed by atoms with Gasteiger partial charge in [-0.3, -0.25) is 0 Å². The molecule has 0 aliphatic carbocycles. The van der Waals surface area contributed by atoms with Crippen LogP contribution in [0.2, 0.25) is 24.7 Å². The van der Waals surface area contributed by atoms with Crippen LogP contribution in [-0.4, -0.2) is 28.3 Å². The molecule has 18 heavy (non-hydrogen) atoms. The van der Waals surface area contributed by atoms with Gasteiger partial charge >= 0.3 is 0 Å². The number of halogens is 1. The van der Waals surface area contributed by atoms with Crippen molar-refractivity contribution < 1.29 is 0 Å². The summed E-state index contributed by atoms with van der Waals surface area (Å²) in [5, 5.41) is 11.8. The fourth-order valence-electron chi connectivity index (χ4n) is 1.33. The Balaban J connectivity index is 2.51. The summed E-state index contributed by atoms with van der Waals surface area (Å²) < 4.78 is 1.59. The SMILES string of the molecule is C[Si](C)(C)C#Cc1cc(Cl)ccc1-n1cnnn1. The lowest BCUT2D eigenvalue weighted by Crippen LogP contribution is -2.16. The molecule has 6 heteroatoms. The first-order chi connectivity index (χ1) is 8.46. The molecule has 4 nitrogen and oxygen atoms in total. The lowest BCUT2D eigenvalue weighted by Gasteiger charge is -2.06. The summed E-state index contributed by atoms with van der Waals surface area (Å²) in [6.07, 6.45) is 1.54. The molecule has 0 atom stereocenters. The number of rotatable bonds is 1. The van der Waals surface area contributed by atoms with Crippen molar-refractivity contribution in [2.24, 2.45) is 0 Å². The quantitative estimate of drug-likeness (QED) is 0.594. The first kappa shape index (κ1) is 12.8. The monoisotopic (exact) mass is 276 g/mol. The summed E-state index contributed by atoms with van der Waals surface area (Å²) in [7, 11) is -1.43. The maximum Gasteiger partial charge on any atom is 0.143 e. The molecule has 2 aromatic rings. The van der Waals surface area contributed by atoms with Crippen molar-refractivity contribution in [1.82, 2.24) is 20.2 Å². The van der Waals surface area contributed by atoms with Crippen molar-refractivity contribution in [2.45, 2.75) is 19.6 Å². The van der Waals surface area contributed by atoms with Gasteiger partial charge in [0.2, 0.25) is 0 Å². The predicted molar refractivity (Wildman–Crippen MR) is 74.4 cm³/mol. The Bertz CT molecular complexity index is 605. The molecule has 0 unspecified atom stereocenters. The van der Waals surface area contributed by atoms with Gasteiger partial charge in [-0.25, -0.2) is 0 Å². The number of nitrogens with zero attached hydrogens (tertiary/aromatic N) is 4. The largest absolute Gasteiger partial charge is 0.199 e. The van der Waals surface area contributed by atoms with Gasteiger partial charge in [-0.1, -0.05) is 37.2 Å². The summed E-state index contributed by atoms with van der Waals surface area (Å²) in [6, 6.07) is 5.51. The van der Waals surface area contributed by atoms with Gasteiger partial charge in [0.25, 0.3) is 0 Å². The smallest absolute Gasteiger partial charge is 0.143 e. The van der Waals surface area contributed by atoms with Crippen molar-refractivity contribution in [2.75, 3.05) is 0 Å². The third-order valence-corrected chi connectivity index (χ3v) is 3.24. The molecule has 0 bridgehead atoms. The molecule has 0 spiro atoms. The second-order valence-corrected chi connectivity index (χ2v) is 10.1. The van der Waals surface area contributed by atoms with Crippen molar-refractivity contribution in [1.29, 1.82) is 0 Å². The summed E-state index contributed by atoms with van der Waals surface area (Å²) in [5.41, 5.74) is 5.00. The Morgan fingerprint density at radius 2 is 2.06 bits per heavy atom. The van der Waals surface area contributed by atoms with Crippen molar-refractivity contribution in [3.63, 3.8) is 0 Å². The second kappa shape index (κ2) is 4.92. The molecule has 0 amide bonds. The Morgan fingerprint density at radius 1 is 1.28 bits per heavy atom. The average molecular weight is 277 g/mol. The van der Waals surface area contributed by atoms with Crippen molar-refractivity contribution in [3.05, 3.63) is 35.1 Å². The van der Waals surface area contributed by atoms with Crippen LogP contribution in [0.5, 0.6) is 0 Å². The van der Waals surface area contributed by atoms with E-state index in [1.165, 1.54) is 0 Å². The summed E-state index contributed by atoms with van der Waals surface area (Å²) in [6.45, 7) is 6.59. The van der Waals surface area contributed by atoms with Gasteiger partial charge < -0.3 is 0 Å². The molecule has 0 saturated carbocycles. The van der Waals surface area contributed by atoms with Gasteiger partial charge in [-0.2, -0.15) is 4.68 Å². The van der Waals surface area contributed by atoms with E-state index >= 15 is 0 Å². The highest BCUT2D eigenvalue weighted by atomic mass is 35.5. The molecule has 92 valence electrons. The lowest BCUT2D eigenvalue weighted by molar-refractivity contribution is 0.788. The van der Waals surface area contributed by atoms with Crippen molar-refractivity contribution in [3.8, 4) is 17.2 Å². The van der Waals surface area contributed by atoms with E-state index in [9.17, 15) is 0 Å². The zero-order chi connectivity index (χ0) is 13.2. The van der Waals surface area contributed by atoms with Crippen LogP contribution in [0.15, 0.2) is 24.5 Å². The van der Waals surface area contributed by atoms with Gasteiger partial charge in [0.05, 0.1) is 11.3 Å². The van der Waals surface area contributed by atoms with Crippen LogP contribution in [-0.2, 0) is 0 Å². The normalized spacial score (nSPS) is 10.9. The fraction of sp³-hybridized carbons (Fsp3) is 0.250. The molecule has 0 fully saturated rings. The number of benzene rings is 1. The second-order valence-electron chi connectivity index (χ2n) is 4.92. The van der Waals surface area contributed by atoms with Crippen LogP contribution in [0.1, 0.15) is 5.56 Å². The zero-order valence-corrected chi connectivity index (χ0v) is 12.2. The Hall–Kier alpha value is -1.64. The highest BCUT2D eigenvalue weighted by molar-refractivity contribution is 6.83. The first-order valence-corrected chi connectivity index (χ1v) is 9.39. The average Bonchev–Trinajstić information content (AvgIpc) is 2.79. The number of hydrogen-bond donors (Lipinski definition) is 0. The van der Waals surface area contributed by atoms with Crippen LogP contribution in [0.25, 0.3) is 5.69 Å². The third kappa shape index (κ3) is 3.19. The van der Waals surface area contributed by atoms with Crippen LogP contribution in [0.4, 0.5) is 0 Å². The predicted octanol–water partition coefficient (Wildman–Crippen LogP) is 2.54. The van der Waals surface area contributed by atoms with Crippen LogP contribution < -0.4 is 0 Å². The molecule has 0 aliphatic heterocycles. The number of aromatic nitrogens is 4.